The lowest BCUT2D eigenvalue weighted by atomic mass is 9.93. The molecule has 32 heavy (non-hydrogen) atoms. The molecule has 168 valence electrons. The van der Waals surface area contributed by atoms with Gasteiger partial charge >= 0.3 is 5.97 Å². The van der Waals surface area contributed by atoms with Crippen LogP contribution in [0.2, 0.25) is 0 Å². The molecule has 2 aromatic carbocycles. The van der Waals surface area contributed by atoms with E-state index in [4.69, 9.17) is 18.9 Å². The Morgan fingerprint density at radius 2 is 1.84 bits per heavy atom. The molecule has 4 rings (SSSR count). The van der Waals surface area contributed by atoms with Gasteiger partial charge in [-0.1, -0.05) is 12.1 Å². The molecule has 0 amide bonds. The molecule has 0 atom stereocenters. The maximum Gasteiger partial charge on any atom is 0.340 e. The van der Waals surface area contributed by atoms with E-state index in [-0.39, 0.29) is 5.97 Å². The topological polar surface area (TPSA) is 58.9 Å². The van der Waals surface area contributed by atoms with Crippen LogP contribution >= 0.6 is 0 Å². The highest BCUT2D eigenvalue weighted by Gasteiger charge is 2.32. The van der Waals surface area contributed by atoms with E-state index >= 15 is 0 Å². The van der Waals surface area contributed by atoms with Crippen LogP contribution in [0.1, 0.15) is 35.5 Å². The van der Waals surface area contributed by atoms with Crippen LogP contribution < -0.4 is 14.2 Å². The minimum absolute atomic E-state index is 0.305. The van der Waals surface area contributed by atoms with E-state index in [0.29, 0.717) is 30.3 Å². The van der Waals surface area contributed by atoms with Crippen molar-refractivity contribution in [2.75, 3.05) is 27.4 Å². The number of hydrogen-bond acceptors (Lipinski definition) is 5. The molecular weight excluding hydrogens is 406 g/mol. The zero-order valence-electron chi connectivity index (χ0n) is 19.3. The fraction of sp³-hybridized carbons (Fsp3) is 0.346. The molecule has 0 aliphatic carbocycles. The monoisotopic (exact) mass is 435 g/mol. The highest BCUT2D eigenvalue weighted by molar-refractivity contribution is 6.05. The lowest BCUT2D eigenvalue weighted by Gasteiger charge is -2.23. The molecule has 6 heteroatoms. The van der Waals surface area contributed by atoms with Crippen LogP contribution in [0.15, 0.2) is 36.4 Å². The Hall–Kier alpha value is -3.41. The molecule has 0 saturated heterocycles. The predicted octanol–water partition coefficient (Wildman–Crippen LogP) is 5.28. The molecule has 1 aromatic heterocycles. The quantitative estimate of drug-likeness (QED) is 0.473. The van der Waals surface area contributed by atoms with E-state index in [0.717, 1.165) is 52.4 Å². The van der Waals surface area contributed by atoms with Crippen molar-refractivity contribution < 1.29 is 23.7 Å². The Balaban J connectivity index is 2.02. The molecule has 1 aliphatic rings. The normalized spacial score (nSPS) is 12.0. The van der Waals surface area contributed by atoms with Crippen molar-refractivity contribution >= 4 is 5.97 Å². The van der Waals surface area contributed by atoms with Crippen molar-refractivity contribution in [3.63, 3.8) is 0 Å². The molecule has 0 unspecified atom stereocenters. The Labute approximate surface area is 188 Å². The summed E-state index contributed by atoms with van der Waals surface area (Å²) in [5.74, 6) is 1.78. The zero-order chi connectivity index (χ0) is 22.8. The first kappa shape index (κ1) is 21.8. The summed E-state index contributed by atoms with van der Waals surface area (Å²) < 4.78 is 24.6. The summed E-state index contributed by atoms with van der Waals surface area (Å²) in [6, 6.07) is 11.8. The number of ether oxygens (including phenoxy) is 4. The van der Waals surface area contributed by atoms with E-state index in [1.54, 1.807) is 14.2 Å². The summed E-state index contributed by atoms with van der Waals surface area (Å²) in [5, 5.41) is 0. The lowest BCUT2D eigenvalue weighted by molar-refractivity contribution is 0.0528. The summed E-state index contributed by atoms with van der Waals surface area (Å²) in [7, 11) is 3.28. The first-order valence-electron chi connectivity index (χ1n) is 10.9. The number of fused-ring (bicyclic) bond motifs is 3. The maximum absolute atomic E-state index is 13.3. The zero-order valence-corrected chi connectivity index (χ0v) is 19.3. The highest BCUT2D eigenvalue weighted by Crippen LogP contribution is 2.45. The van der Waals surface area contributed by atoms with Gasteiger partial charge in [-0.05, 0) is 62.6 Å². The number of carbonyl (C=O) groups excluding carboxylic acids is 1. The van der Waals surface area contributed by atoms with Gasteiger partial charge in [-0.2, -0.15) is 0 Å². The van der Waals surface area contributed by atoms with E-state index in [1.165, 1.54) is 0 Å². The van der Waals surface area contributed by atoms with Crippen LogP contribution in [0.5, 0.6) is 17.2 Å². The first-order chi connectivity index (χ1) is 15.5. The van der Waals surface area contributed by atoms with E-state index < -0.39 is 0 Å². The van der Waals surface area contributed by atoms with Crippen LogP contribution in [-0.2, 0) is 17.7 Å². The largest absolute Gasteiger partial charge is 0.497 e. The van der Waals surface area contributed by atoms with E-state index in [2.05, 4.69) is 11.5 Å². The molecule has 0 radical (unpaired) electrons. The average Bonchev–Trinajstić information content (AvgIpc) is 3.12. The second-order valence-corrected chi connectivity index (χ2v) is 7.63. The molecule has 2 heterocycles. The minimum atomic E-state index is -0.330. The third-order valence-corrected chi connectivity index (χ3v) is 5.91. The number of benzene rings is 2. The number of esters is 1. The number of carbonyl (C=O) groups is 1. The average molecular weight is 436 g/mol. The Kier molecular flexibility index (Phi) is 6.12. The Morgan fingerprint density at radius 3 is 2.53 bits per heavy atom. The maximum atomic E-state index is 13.3. The van der Waals surface area contributed by atoms with Crippen molar-refractivity contribution in [1.29, 1.82) is 0 Å². The van der Waals surface area contributed by atoms with Crippen molar-refractivity contribution in [2.24, 2.45) is 0 Å². The fourth-order valence-electron chi connectivity index (χ4n) is 4.52. The SMILES string of the molecule is CCOC(=O)c1c(-c2cccc(OC)c2)c(C)n2c1-c1cc(OCC)c(OC)cc1CC2. The number of hydrogen-bond donors (Lipinski definition) is 0. The van der Waals surface area contributed by atoms with Crippen molar-refractivity contribution in [2.45, 2.75) is 33.7 Å². The predicted molar refractivity (Wildman–Crippen MR) is 124 cm³/mol. The smallest absolute Gasteiger partial charge is 0.340 e. The molecule has 6 nitrogen and oxygen atoms in total. The van der Waals surface area contributed by atoms with Gasteiger partial charge < -0.3 is 23.5 Å². The summed E-state index contributed by atoms with van der Waals surface area (Å²) in [5.41, 5.74) is 6.36. The number of aryl methyl sites for hydroxylation is 1. The van der Waals surface area contributed by atoms with Gasteiger partial charge in [0.1, 0.15) is 5.75 Å². The minimum Gasteiger partial charge on any atom is -0.497 e. The molecule has 3 aromatic rings. The summed E-state index contributed by atoms with van der Waals surface area (Å²) >= 11 is 0. The van der Waals surface area contributed by atoms with Gasteiger partial charge in [0.05, 0.1) is 38.7 Å². The van der Waals surface area contributed by atoms with Crippen LogP contribution in [0.4, 0.5) is 0 Å². The van der Waals surface area contributed by atoms with E-state index in [1.807, 2.05) is 50.2 Å². The summed E-state index contributed by atoms with van der Waals surface area (Å²) in [6.45, 7) is 7.41. The first-order valence-corrected chi connectivity index (χ1v) is 10.9. The van der Waals surface area contributed by atoms with Gasteiger partial charge in [-0.3, -0.25) is 0 Å². The third kappa shape index (κ3) is 3.60. The Bertz CT molecular complexity index is 1160. The number of methoxy groups -OCH3 is 2. The standard InChI is InChI=1S/C26H29NO5/c1-6-31-22-15-20-17(14-21(22)30-5)11-12-27-16(3)23(18-9-8-10-19(13-18)29-4)24(25(20)27)26(28)32-7-2/h8-10,13-15H,6-7,11-12H2,1-5H3. The van der Waals surface area contributed by atoms with Gasteiger partial charge in [0.15, 0.2) is 11.5 Å². The second kappa shape index (κ2) is 8.99. The molecular formula is C26H29NO5. The van der Waals surface area contributed by atoms with Gasteiger partial charge in [-0.15, -0.1) is 0 Å². The van der Waals surface area contributed by atoms with Crippen LogP contribution in [0, 0.1) is 6.92 Å². The Morgan fingerprint density at radius 1 is 1.03 bits per heavy atom. The fourth-order valence-corrected chi connectivity index (χ4v) is 4.52. The number of rotatable bonds is 7. The molecule has 0 bridgehead atoms. The van der Waals surface area contributed by atoms with Crippen LogP contribution in [0.3, 0.4) is 0 Å². The van der Waals surface area contributed by atoms with E-state index in [9.17, 15) is 4.79 Å². The second-order valence-electron chi connectivity index (χ2n) is 7.63. The molecule has 1 aliphatic heterocycles. The lowest BCUT2D eigenvalue weighted by Crippen LogP contribution is -2.15. The molecule has 0 spiro atoms. The molecule has 0 fully saturated rings. The number of nitrogens with zero attached hydrogens (tertiary/aromatic N) is 1. The molecule has 0 N–H and O–H groups in total. The summed E-state index contributed by atoms with van der Waals surface area (Å²) in [6.07, 6.45) is 0.834. The van der Waals surface area contributed by atoms with Crippen LogP contribution in [-0.4, -0.2) is 38.0 Å². The summed E-state index contributed by atoms with van der Waals surface area (Å²) in [4.78, 5) is 13.3. The van der Waals surface area contributed by atoms with Gasteiger partial charge in [0.25, 0.3) is 0 Å². The van der Waals surface area contributed by atoms with Crippen molar-refractivity contribution in [3.05, 3.63) is 53.2 Å². The molecule has 0 saturated carbocycles. The van der Waals surface area contributed by atoms with Gasteiger partial charge in [0.2, 0.25) is 0 Å². The van der Waals surface area contributed by atoms with Gasteiger partial charge in [0, 0.05) is 23.4 Å². The van der Waals surface area contributed by atoms with Crippen LogP contribution in [0.25, 0.3) is 22.4 Å². The van der Waals surface area contributed by atoms with Gasteiger partial charge in [-0.25, -0.2) is 4.79 Å². The third-order valence-electron chi connectivity index (χ3n) is 5.91. The number of aromatic nitrogens is 1. The van der Waals surface area contributed by atoms with Crippen molar-refractivity contribution in [3.8, 4) is 39.6 Å². The highest BCUT2D eigenvalue weighted by atomic mass is 16.5. The van der Waals surface area contributed by atoms with Crippen molar-refractivity contribution in [1.82, 2.24) is 4.57 Å².